The largest absolute Gasteiger partial charge is 0.481 e. The number of piperidine rings is 1. The van der Waals surface area contributed by atoms with E-state index in [9.17, 15) is 9.59 Å². The number of carboxylic acids is 1. The summed E-state index contributed by atoms with van der Waals surface area (Å²) < 4.78 is 5.21. The Morgan fingerprint density at radius 3 is 2.50 bits per heavy atom. The Bertz CT molecular complexity index is 346. The maximum Gasteiger partial charge on any atom is 0.410 e. The van der Waals surface area contributed by atoms with Crippen molar-refractivity contribution in [2.75, 3.05) is 13.1 Å². The van der Waals surface area contributed by atoms with Gasteiger partial charge >= 0.3 is 12.1 Å². The van der Waals surface area contributed by atoms with E-state index in [1.807, 2.05) is 0 Å². The molecule has 2 atom stereocenters. The van der Waals surface area contributed by atoms with Crippen LogP contribution in [-0.4, -0.2) is 40.8 Å². The average Bonchev–Trinajstić information content (AvgIpc) is 2.67. The highest BCUT2D eigenvalue weighted by Crippen LogP contribution is 2.57. The van der Waals surface area contributed by atoms with Gasteiger partial charge in [0.1, 0.15) is 5.60 Å². The predicted octanol–water partition coefficient (Wildman–Crippen LogP) is 1.33. The summed E-state index contributed by atoms with van der Waals surface area (Å²) in [6, 6.07) is 0. The van der Waals surface area contributed by atoms with Crippen molar-refractivity contribution in [3.63, 3.8) is 0 Å². The molecular weight excluding hydrogens is 210 g/mol. The van der Waals surface area contributed by atoms with Gasteiger partial charge in [-0.25, -0.2) is 4.79 Å². The normalized spacial score (nSPS) is 32.2. The highest BCUT2D eigenvalue weighted by molar-refractivity contribution is 5.82. The summed E-state index contributed by atoms with van der Waals surface area (Å²) in [7, 11) is 0. The molecule has 1 aliphatic heterocycles. The quantitative estimate of drug-likeness (QED) is 0.733. The van der Waals surface area contributed by atoms with Gasteiger partial charge in [0, 0.05) is 13.1 Å². The predicted molar refractivity (Wildman–Crippen MR) is 56.0 cm³/mol. The molecule has 1 N–H and O–H groups in total. The van der Waals surface area contributed by atoms with Crippen molar-refractivity contribution in [1.82, 2.24) is 4.90 Å². The first kappa shape index (κ1) is 11.2. The lowest BCUT2D eigenvalue weighted by molar-refractivity contribution is -0.143. The van der Waals surface area contributed by atoms with Gasteiger partial charge in [0.25, 0.3) is 0 Å². The molecule has 5 nitrogen and oxygen atoms in total. The summed E-state index contributed by atoms with van der Waals surface area (Å²) in [5.41, 5.74) is -1.20. The van der Waals surface area contributed by atoms with Crippen molar-refractivity contribution in [2.24, 2.45) is 11.3 Å². The van der Waals surface area contributed by atoms with E-state index in [2.05, 4.69) is 0 Å². The van der Waals surface area contributed by atoms with Crippen LogP contribution >= 0.6 is 0 Å². The van der Waals surface area contributed by atoms with E-state index in [0.29, 0.717) is 19.5 Å². The van der Waals surface area contributed by atoms with Crippen LogP contribution in [0.3, 0.4) is 0 Å². The molecule has 0 unspecified atom stereocenters. The summed E-state index contributed by atoms with van der Waals surface area (Å²) in [5, 5.41) is 9.07. The summed E-state index contributed by atoms with van der Waals surface area (Å²) in [6.07, 6.45) is 0.294. The molecule has 0 bridgehead atoms. The molecule has 0 spiro atoms. The van der Waals surface area contributed by atoms with Crippen LogP contribution < -0.4 is 0 Å². The molecule has 1 saturated heterocycles. The van der Waals surface area contributed by atoms with E-state index in [1.165, 1.54) is 4.90 Å². The first-order chi connectivity index (χ1) is 7.24. The van der Waals surface area contributed by atoms with E-state index in [-0.39, 0.29) is 5.92 Å². The third kappa shape index (κ3) is 1.74. The number of amides is 1. The minimum atomic E-state index is -0.788. The maximum absolute atomic E-state index is 11.7. The lowest BCUT2D eigenvalue weighted by Gasteiger charge is -2.25. The van der Waals surface area contributed by atoms with Gasteiger partial charge in [-0.3, -0.25) is 4.79 Å². The molecule has 1 aliphatic carbocycles. The number of carbonyl (C=O) groups is 2. The van der Waals surface area contributed by atoms with Crippen molar-refractivity contribution >= 4 is 12.1 Å². The molecule has 5 heteroatoms. The second-order valence-corrected chi connectivity index (χ2v) is 5.72. The SMILES string of the molecule is CC(C)(C)OC(=O)N1C[C@H]2C[C@]2(C(=O)O)C1. The van der Waals surface area contributed by atoms with Crippen molar-refractivity contribution < 1.29 is 19.4 Å². The van der Waals surface area contributed by atoms with Crippen LogP contribution in [0.15, 0.2) is 0 Å². The lowest BCUT2D eigenvalue weighted by atomic mass is 10.1. The molecule has 1 saturated carbocycles. The number of carbonyl (C=O) groups excluding carboxylic acids is 1. The molecular formula is C11H17NO4. The number of hydrogen-bond donors (Lipinski definition) is 1. The molecule has 1 amide bonds. The fraction of sp³-hybridized carbons (Fsp3) is 0.818. The molecule has 16 heavy (non-hydrogen) atoms. The number of ether oxygens (including phenoxy) is 1. The molecule has 90 valence electrons. The highest BCUT2D eigenvalue weighted by atomic mass is 16.6. The van der Waals surface area contributed by atoms with Gasteiger partial charge < -0.3 is 14.7 Å². The first-order valence-electron chi connectivity index (χ1n) is 5.46. The van der Waals surface area contributed by atoms with E-state index >= 15 is 0 Å². The Morgan fingerprint density at radius 2 is 2.06 bits per heavy atom. The van der Waals surface area contributed by atoms with Crippen LogP contribution in [0.25, 0.3) is 0 Å². The third-order valence-corrected chi connectivity index (χ3v) is 3.22. The van der Waals surface area contributed by atoms with Crippen molar-refractivity contribution in [1.29, 1.82) is 0 Å². The molecule has 0 aromatic carbocycles. The zero-order chi connectivity index (χ0) is 12.1. The van der Waals surface area contributed by atoms with E-state index in [4.69, 9.17) is 9.84 Å². The van der Waals surface area contributed by atoms with E-state index in [1.54, 1.807) is 20.8 Å². The summed E-state index contributed by atoms with van der Waals surface area (Å²) >= 11 is 0. The van der Waals surface area contributed by atoms with Gasteiger partial charge in [-0.15, -0.1) is 0 Å². The number of fused-ring (bicyclic) bond motifs is 1. The van der Waals surface area contributed by atoms with Crippen LogP contribution in [0.5, 0.6) is 0 Å². The zero-order valence-electron chi connectivity index (χ0n) is 9.82. The van der Waals surface area contributed by atoms with Crippen molar-refractivity contribution in [3.8, 4) is 0 Å². The Kier molecular flexibility index (Phi) is 2.19. The maximum atomic E-state index is 11.7. The second-order valence-electron chi connectivity index (χ2n) is 5.72. The third-order valence-electron chi connectivity index (χ3n) is 3.22. The molecule has 2 fully saturated rings. The number of likely N-dealkylation sites (tertiary alicyclic amines) is 1. The molecule has 0 aromatic heterocycles. The van der Waals surface area contributed by atoms with E-state index < -0.39 is 23.1 Å². The van der Waals surface area contributed by atoms with Crippen LogP contribution in [-0.2, 0) is 9.53 Å². The van der Waals surface area contributed by atoms with Gasteiger partial charge in [0.2, 0.25) is 0 Å². The number of carboxylic acid groups (broad SMARTS) is 1. The Balaban J connectivity index is 1.96. The average molecular weight is 227 g/mol. The number of rotatable bonds is 1. The lowest BCUT2D eigenvalue weighted by Crippen LogP contribution is -2.38. The monoisotopic (exact) mass is 227 g/mol. The molecule has 0 radical (unpaired) electrons. The summed E-state index contributed by atoms with van der Waals surface area (Å²) in [5.74, 6) is -0.666. The number of hydrogen-bond acceptors (Lipinski definition) is 3. The minimum Gasteiger partial charge on any atom is -0.481 e. The second kappa shape index (κ2) is 3.12. The van der Waals surface area contributed by atoms with Crippen LogP contribution in [0.2, 0.25) is 0 Å². The van der Waals surface area contributed by atoms with Gasteiger partial charge in [-0.05, 0) is 33.1 Å². The fourth-order valence-corrected chi connectivity index (χ4v) is 2.28. The number of aliphatic carboxylic acids is 1. The molecule has 1 heterocycles. The smallest absolute Gasteiger partial charge is 0.410 e. The van der Waals surface area contributed by atoms with Crippen LogP contribution in [0.1, 0.15) is 27.2 Å². The van der Waals surface area contributed by atoms with Crippen molar-refractivity contribution in [3.05, 3.63) is 0 Å². The van der Waals surface area contributed by atoms with Gasteiger partial charge in [-0.2, -0.15) is 0 Å². The van der Waals surface area contributed by atoms with Crippen molar-refractivity contribution in [2.45, 2.75) is 32.8 Å². The highest BCUT2D eigenvalue weighted by Gasteiger charge is 2.66. The van der Waals surface area contributed by atoms with Crippen LogP contribution in [0, 0.1) is 11.3 Å². The van der Waals surface area contributed by atoms with Gasteiger partial charge in [-0.1, -0.05) is 0 Å². The van der Waals surface area contributed by atoms with Crippen LogP contribution in [0.4, 0.5) is 4.79 Å². The number of nitrogens with zero attached hydrogens (tertiary/aromatic N) is 1. The molecule has 2 aliphatic rings. The van der Waals surface area contributed by atoms with Gasteiger partial charge in [0.05, 0.1) is 5.41 Å². The first-order valence-corrected chi connectivity index (χ1v) is 5.46. The van der Waals surface area contributed by atoms with E-state index in [0.717, 1.165) is 0 Å². The zero-order valence-corrected chi connectivity index (χ0v) is 9.82. The summed E-state index contributed by atoms with van der Waals surface area (Å²) in [4.78, 5) is 24.2. The summed E-state index contributed by atoms with van der Waals surface area (Å²) in [6.45, 7) is 6.21. The Labute approximate surface area is 94.4 Å². The van der Waals surface area contributed by atoms with Gasteiger partial charge in [0.15, 0.2) is 0 Å². The Hall–Kier alpha value is -1.26. The molecule has 2 rings (SSSR count). The minimum absolute atomic E-state index is 0.123. The fourth-order valence-electron chi connectivity index (χ4n) is 2.28. The topological polar surface area (TPSA) is 66.8 Å². The Morgan fingerprint density at radius 1 is 1.44 bits per heavy atom. The molecule has 0 aromatic rings. The standard InChI is InChI=1S/C11H17NO4/c1-10(2,3)16-9(15)12-5-7-4-11(7,6-12)8(13)14/h7H,4-6H2,1-3H3,(H,13,14)/t7-,11+/m1/s1.